The van der Waals surface area contributed by atoms with Gasteiger partial charge in [0.2, 0.25) is 5.89 Å². The fourth-order valence-corrected chi connectivity index (χ4v) is 1.81. The van der Waals surface area contributed by atoms with Gasteiger partial charge in [-0.2, -0.15) is 0 Å². The lowest BCUT2D eigenvalue weighted by atomic mass is 10.1. The lowest BCUT2D eigenvalue weighted by Crippen LogP contribution is -1.78. The maximum atomic E-state index is 9.37. The van der Waals surface area contributed by atoms with Crippen molar-refractivity contribution < 1.29 is 9.52 Å². The summed E-state index contributed by atoms with van der Waals surface area (Å²) in [6, 6.07) is 12.9. The molecule has 0 bridgehead atoms. The minimum Gasteiger partial charge on any atom is -0.508 e. The number of aromatic nitrogens is 1. The predicted molar refractivity (Wildman–Crippen MR) is 65.8 cm³/mol. The van der Waals surface area contributed by atoms with Crippen LogP contribution in [-0.2, 0) is 0 Å². The van der Waals surface area contributed by atoms with Crippen molar-refractivity contribution >= 4 is 11.1 Å². The molecular formula is C14H11NO2. The van der Waals surface area contributed by atoms with Crippen LogP contribution in [0.4, 0.5) is 0 Å². The number of aryl methyl sites for hydroxylation is 1. The van der Waals surface area contributed by atoms with Crippen LogP contribution in [0.15, 0.2) is 46.9 Å². The van der Waals surface area contributed by atoms with E-state index in [1.54, 1.807) is 18.2 Å². The third-order valence-corrected chi connectivity index (χ3v) is 2.64. The summed E-state index contributed by atoms with van der Waals surface area (Å²) in [6.45, 7) is 2.03. The van der Waals surface area contributed by atoms with Gasteiger partial charge in [-0.3, -0.25) is 0 Å². The van der Waals surface area contributed by atoms with E-state index >= 15 is 0 Å². The minimum atomic E-state index is 0.185. The van der Waals surface area contributed by atoms with E-state index in [1.165, 1.54) is 0 Å². The van der Waals surface area contributed by atoms with Crippen molar-refractivity contribution in [3.8, 4) is 17.2 Å². The minimum absolute atomic E-state index is 0.185. The predicted octanol–water partition coefficient (Wildman–Crippen LogP) is 3.51. The summed E-state index contributed by atoms with van der Waals surface area (Å²) < 4.78 is 5.62. The van der Waals surface area contributed by atoms with Crippen molar-refractivity contribution in [2.24, 2.45) is 0 Å². The average molecular weight is 225 g/mol. The lowest BCUT2D eigenvalue weighted by Gasteiger charge is -1.95. The molecule has 0 amide bonds. The number of hydrogen-bond acceptors (Lipinski definition) is 3. The Labute approximate surface area is 98.3 Å². The number of nitrogens with zero attached hydrogens (tertiary/aromatic N) is 1. The summed E-state index contributed by atoms with van der Waals surface area (Å²) in [6.07, 6.45) is 0. The van der Waals surface area contributed by atoms with E-state index in [2.05, 4.69) is 4.98 Å². The van der Waals surface area contributed by atoms with Crippen LogP contribution >= 0.6 is 0 Å². The Morgan fingerprint density at radius 2 is 2.00 bits per heavy atom. The van der Waals surface area contributed by atoms with Gasteiger partial charge in [0.15, 0.2) is 5.58 Å². The van der Waals surface area contributed by atoms with E-state index in [4.69, 9.17) is 4.42 Å². The molecule has 17 heavy (non-hydrogen) atoms. The molecule has 3 heteroatoms. The molecule has 0 radical (unpaired) electrons. The second kappa shape index (κ2) is 3.63. The van der Waals surface area contributed by atoms with Gasteiger partial charge >= 0.3 is 0 Å². The highest BCUT2D eigenvalue weighted by Gasteiger charge is 2.08. The van der Waals surface area contributed by atoms with Crippen molar-refractivity contribution in [3.63, 3.8) is 0 Å². The fourth-order valence-electron chi connectivity index (χ4n) is 1.81. The van der Waals surface area contributed by atoms with Gasteiger partial charge < -0.3 is 9.52 Å². The first-order chi connectivity index (χ1) is 8.22. The van der Waals surface area contributed by atoms with E-state index in [0.717, 1.165) is 16.6 Å². The first kappa shape index (κ1) is 9.90. The molecule has 0 spiro atoms. The standard InChI is InChI=1S/C14H11NO2/c1-9-3-2-4-10(7-9)14-15-12-6-5-11(16)8-13(12)17-14/h2-8,16H,1H3. The van der Waals surface area contributed by atoms with Crippen molar-refractivity contribution in [1.82, 2.24) is 4.98 Å². The van der Waals surface area contributed by atoms with Crippen LogP contribution in [0.25, 0.3) is 22.6 Å². The van der Waals surface area contributed by atoms with Crippen LogP contribution in [0.2, 0.25) is 0 Å². The maximum absolute atomic E-state index is 9.37. The molecule has 0 aliphatic heterocycles. The zero-order valence-corrected chi connectivity index (χ0v) is 9.34. The molecule has 0 saturated carbocycles. The monoisotopic (exact) mass is 225 g/mol. The number of benzene rings is 2. The lowest BCUT2D eigenvalue weighted by molar-refractivity contribution is 0.474. The smallest absolute Gasteiger partial charge is 0.227 e. The largest absolute Gasteiger partial charge is 0.508 e. The van der Waals surface area contributed by atoms with E-state index in [9.17, 15) is 5.11 Å². The molecule has 0 saturated heterocycles. The highest BCUT2D eigenvalue weighted by atomic mass is 16.3. The third kappa shape index (κ3) is 1.76. The van der Waals surface area contributed by atoms with Crippen molar-refractivity contribution in [1.29, 1.82) is 0 Å². The number of aromatic hydroxyl groups is 1. The molecule has 0 aliphatic rings. The van der Waals surface area contributed by atoms with Crippen LogP contribution < -0.4 is 0 Å². The molecule has 0 atom stereocenters. The van der Waals surface area contributed by atoms with Crippen LogP contribution in [0.1, 0.15) is 5.56 Å². The normalized spacial score (nSPS) is 10.9. The average Bonchev–Trinajstić information content (AvgIpc) is 2.72. The van der Waals surface area contributed by atoms with Crippen LogP contribution in [0.5, 0.6) is 5.75 Å². The van der Waals surface area contributed by atoms with Gasteiger partial charge in [0.05, 0.1) is 0 Å². The Balaban J connectivity index is 2.18. The van der Waals surface area contributed by atoms with Crippen molar-refractivity contribution in [2.45, 2.75) is 6.92 Å². The Hall–Kier alpha value is -2.29. The molecule has 0 unspecified atom stereocenters. The number of phenolic OH excluding ortho intramolecular Hbond substituents is 1. The van der Waals surface area contributed by atoms with E-state index < -0.39 is 0 Å². The molecule has 3 nitrogen and oxygen atoms in total. The molecule has 0 fully saturated rings. The quantitative estimate of drug-likeness (QED) is 0.689. The molecule has 0 aliphatic carbocycles. The van der Waals surface area contributed by atoms with Gasteiger partial charge in [0.25, 0.3) is 0 Å². The number of rotatable bonds is 1. The number of oxazole rings is 1. The number of phenols is 1. The number of hydrogen-bond donors (Lipinski definition) is 1. The summed E-state index contributed by atoms with van der Waals surface area (Å²) in [5.74, 6) is 0.763. The summed E-state index contributed by atoms with van der Waals surface area (Å²) in [5.41, 5.74) is 3.45. The fraction of sp³-hybridized carbons (Fsp3) is 0.0714. The van der Waals surface area contributed by atoms with Gasteiger partial charge in [0, 0.05) is 11.6 Å². The summed E-state index contributed by atoms with van der Waals surface area (Å²) in [5, 5.41) is 9.37. The summed E-state index contributed by atoms with van der Waals surface area (Å²) in [7, 11) is 0. The van der Waals surface area contributed by atoms with Gasteiger partial charge in [-0.25, -0.2) is 4.98 Å². The summed E-state index contributed by atoms with van der Waals surface area (Å²) >= 11 is 0. The van der Waals surface area contributed by atoms with Crippen LogP contribution in [0, 0.1) is 6.92 Å². The maximum Gasteiger partial charge on any atom is 0.227 e. The van der Waals surface area contributed by atoms with Crippen LogP contribution in [-0.4, -0.2) is 10.1 Å². The molecule has 1 heterocycles. The molecule has 1 aromatic heterocycles. The summed E-state index contributed by atoms with van der Waals surface area (Å²) in [4.78, 5) is 4.39. The van der Waals surface area contributed by atoms with Gasteiger partial charge in [-0.05, 0) is 31.2 Å². The zero-order valence-electron chi connectivity index (χ0n) is 9.34. The second-order valence-electron chi connectivity index (χ2n) is 4.04. The SMILES string of the molecule is Cc1cccc(-c2nc3ccc(O)cc3o2)c1. The van der Waals surface area contributed by atoms with E-state index in [1.807, 2.05) is 31.2 Å². The molecule has 3 aromatic rings. The Bertz CT molecular complexity index is 686. The Morgan fingerprint density at radius 1 is 1.12 bits per heavy atom. The first-order valence-electron chi connectivity index (χ1n) is 5.39. The van der Waals surface area contributed by atoms with Crippen molar-refractivity contribution in [2.75, 3.05) is 0 Å². The van der Waals surface area contributed by atoms with Gasteiger partial charge in [-0.15, -0.1) is 0 Å². The second-order valence-corrected chi connectivity index (χ2v) is 4.04. The highest BCUT2D eigenvalue weighted by molar-refractivity contribution is 5.77. The van der Waals surface area contributed by atoms with Crippen LogP contribution in [0.3, 0.4) is 0 Å². The van der Waals surface area contributed by atoms with Gasteiger partial charge in [0.1, 0.15) is 11.3 Å². The van der Waals surface area contributed by atoms with Gasteiger partial charge in [-0.1, -0.05) is 17.7 Å². The zero-order chi connectivity index (χ0) is 11.8. The molecule has 84 valence electrons. The molecule has 1 N–H and O–H groups in total. The Morgan fingerprint density at radius 3 is 2.82 bits per heavy atom. The Kier molecular flexibility index (Phi) is 2.11. The molecule has 2 aromatic carbocycles. The third-order valence-electron chi connectivity index (χ3n) is 2.64. The molecular weight excluding hydrogens is 214 g/mol. The number of fused-ring (bicyclic) bond motifs is 1. The van der Waals surface area contributed by atoms with Crippen molar-refractivity contribution in [3.05, 3.63) is 48.0 Å². The topological polar surface area (TPSA) is 46.3 Å². The first-order valence-corrected chi connectivity index (χ1v) is 5.39. The van der Waals surface area contributed by atoms with E-state index in [0.29, 0.717) is 11.5 Å². The van der Waals surface area contributed by atoms with E-state index in [-0.39, 0.29) is 5.75 Å². The highest BCUT2D eigenvalue weighted by Crippen LogP contribution is 2.26. The molecule has 3 rings (SSSR count).